The summed E-state index contributed by atoms with van der Waals surface area (Å²) in [6.07, 6.45) is 1.26. The number of hydrogen-bond acceptors (Lipinski definition) is 1. The van der Waals surface area contributed by atoms with E-state index in [1.165, 1.54) is 5.56 Å². The predicted octanol–water partition coefficient (Wildman–Crippen LogP) is 3.56. The highest BCUT2D eigenvalue weighted by Crippen LogP contribution is 2.49. The number of hydrogen-bond donors (Lipinski definition) is 1. The number of fused-ring (bicyclic) bond motifs is 2. The van der Waals surface area contributed by atoms with Gasteiger partial charge in [0.1, 0.15) is 0 Å². The third-order valence-corrected chi connectivity index (χ3v) is 4.05. The molecule has 1 heterocycles. The van der Waals surface area contributed by atoms with Gasteiger partial charge in [0.05, 0.1) is 0 Å². The summed E-state index contributed by atoms with van der Waals surface area (Å²) in [5.74, 6) is -2.44. The first-order chi connectivity index (χ1) is 7.61. The van der Waals surface area contributed by atoms with Gasteiger partial charge < -0.3 is 5.32 Å². The summed E-state index contributed by atoms with van der Waals surface area (Å²) in [4.78, 5) is 0. The van der Waals surface area contributed by atoms with Gasteiger partial charge in [-0.3, -0.25) is 0 Å². The quantitative estimate of drug-likeness (QED) is 0.709. The molecule has 1 aliphatic heterocycles. The first kappa shape index (κ1) is 10.1. The van der Waals surface area contributed by atoms with Crippen molar-refractivity contribution in [3.8, 4) is 0 Å². The van der Waals surface area contributed by atoms with Crippen LogP contribution in [0.1, 0.15) is 31.2 Å². The second-order valence-corrected chi connectivity index (χ2v) is 5.04. The normalized spacial score (nSPS) is 25.1. The van der Waals surface area contributed by atoms with E-state index in [1.807, 2.05) is 18.2 Å². The van der Waals surface area contributed by atoms with Crippen LogP contribution in [-0.4, -0.2) is 12.5 Å². The number of rotatable bonds is 0. The van der Waals surface area contributed by atoms with Gasteiger partial charge in [-0.25, -0.2) is 8.78 Å². The molecule has 1 N–H and O–H groups in total. The second-order valence-electron chi connectivity index (χ2n) is 5.04. The van der Waals surface area contributed by atoms with Crippen molar-refractivity contribution in [3.63, 3.8) is 0 Å². The van der Waals surface area contributed by atoms with Crippen molar-refractivity contribution in [3.05, 3.63) is 29.8 Å². The highest BCUT2D eigenvalue weighted by Gasteiger charge is 2.47. The minimum Gasteiger partial charge on any atom is -0.384 e. The van der Waals surface area contributed by atoms with Crippen LogP contribution >= 0.6 is 0 Å². The van der Waals surface area contributed by atoms with Crippen LogP contribution in [0, 0.1) is 0 Å². The largest absolute Gasteiger partial charge is 0.384 e. The summed E-state index contributed by atoms with van der Waals surface area (Å²) >= 11 is 0. The molecule has 1 nitrogen and oxygen atoms in total. The summed E-state index contributed by atoms with van der Waals surface area (Å²) in [6, 6.07) is 8.11. The van der Waals surface area contributed by atoms with E-state index in [0.29, 0.717) is 12.8 Å². The van der Waals surface area contributed by atoms with Gasteiger partial charge in [0, 0.05) is 30.5 Å². The number of anilines is 1. The molecule has 1 spiro atoms. The van der Waals surface area contributed by atoms with Crippen LogP contribution in [-0.2, 0) is 5.41 Å². The monoisotopic (exact) mass is 223 g/mol. The van der Waals surface area contributed by atoms with Crippen LogP contribution in [0.4, 0.5) is 14.5 Å². The van der Waals surface area contributed by atoms with Crippen molar-refractivity contribution in [1.29, 1.82) is 0 Å². The maximum Gasteiger partial charge on any atom is 0.248 e. The zero-order chi connectivity index (χ0) is 11.2. The van der Waals surface area contributed by atoms with Crippen molar-refractivity contribution >= 4 is 5.69 Å². The van der Waals surface area contributed by atoms with E-state index in [0.717, 1.165) is 12.2 Å². The molecule has 1 aromatic rings. The molecule has 0 saturated heterocycles. The number of benzene rings is 1. The van der Waals surface area contributed by atoms with E-state index in [9.17, 15) is 8.78 Å². The van der Waals surface area contributed by atoms with Crippen LogP contribution in [0.3, 0.4) is 0 Å². The molecule has 3 rings (SSSR count). The maximum absolute atomic E-state index is 13.2. The lowest BCUT2D eigenvalue weighted by molar-refractivity contribution is -0.0496. The Morgan fingerprint density at radius 1 is 1.00 bits per heavy atom. The van der Waals surface area contributed by atoms with Crippen LogP contribution in [0.25, 0.3) is 0 Å². The minimum atomic E-state index is -2.44. The minimum absolute atomic E-state index is 0.0295. The molecule has 0 bridgehead atoms. The van der Waals surface area contributed by atoms with Crippen LogP contribution in [0.2, 0.25) is 0 Å². The first-order valence-electron chi connectivity index (χ1n) is 5.83. The molecule has 16 heavy (non-hydrogen) atoms. The van der Waals surface area contributed by atoms with Gasteiger partial charge in [0.2, 0.25) is 5.92 Å². The average molecular weight is 223 g/mol. The molecular weight excluding hydrogens is 208 g/mol. The Morgan fingerprint density at radius 2 is 1.69 bits per heavy atom. The molecule has 0 aromatic heterocycles. The zero-order valence-corrected chi connectivity index (χ0v) is 9.10. The van der Waals surface area contributed by atoms with Gasteiger partial charge in [0.15, 0.2) is 0 Å². The molecule has 0 atom stereocenters. The van der Waals surface area contributed by atoms with E-state index in [2.05, 4.69) is 11.4 Å². The Balaban J connectivity index is 1.92. The third-order valence-electron chi connectivity index (χ3n) is 4.05. The Kier molecular flexibility index (Phi) is 2.00. The fraction of sp³-hybridized carbons (Fsp3) is 0.538. The lowest BCUT2D eigenvalue weighted by Gasteiger charge is -2.37. The molecular formula is C13H15F2N. The molecule has 86 valence electrons. The number of para-hydroxylation sites is 1. The van der Waals surface area contributed by atoms with Crippen LogP contribution < -0.4 is 5.32 Å². The van der Waals surface area contributed by atoms with Crippen molar-refractivity contribution in [2.75, 3.05) is 11.9 Å². The average Bonchev–Trinajstić information content (AvgIpc) is 2.64. The van der Waals surface area contributed by atoms with Crippen LogP contribution in [0.15, 0.2) is 24.3 Å². The van der Waals surface area contributed by atoms with Gasteiger partial charge >= 0.3 is 0 Å². The van der Waals surface area contributed by atoms with Crippen molar-refractivity contribution in [1.82, 2.24) is 0 Å². The Labute approximate surface area is 93.9 Å². The third kappa shape index (κ3) is 1.41. The molecule has 2 aliphatic rings. The van der Waals surface area contributed by atoms with Crippen molar-refractivity contribution in [2.45, 2.75) is 37.0 Å². The highest BCUT2D eigenvalue weighted by atomic mass is 19.3. The van der Waals surface area contributed by atoms with E-state index in [-0.39, 0.29) is 18.3 Å². The topological polar surface area (TPSA) is 12.0 Å². The molecule has 0 amide bonds. The van der Waals surface area contributed by atoms with Crippen molar-refractivity contribution < 1.29 is 8.78 Å². The molecule has 1 aromatic carbocycles. The SMILES string of the molecule is FC1(F)CCC2(CC1)CNc1ccccc12. The number of alkyl halides is 2. The van der Waals surface area contributed by atoms with Crippen LogP contribution in [0.5, 0.6) is 0 Å². The predicted molar refractivity (Wildman–Crippen MR) is 60.0 cm³/mol. The highest BCUT2D eigenvalue weighted by molar-refractivity contribution is 5.60. The number of nitrogens with one attached hydrogen (secondary N) is 1. The molecule has 0 radical (unpaired) electrons. The smallest absolute Gasteiger partial charge is 0.248 e. The first-order valence-corrected chi connectivity index (χ1v) is 5.83. The molecule has 1 saturated carbocycles. The lowest BCUT2D eigenvalue weighted by Crippen LogP contribution is -2.37. The summed E-state index contributed by atoms with van der Waals surface area (Å²) in [6.45, 7) is 0.822. The lowest BCUT2D eigenvalue weighted by atomic mass is 9.70. The molecule has 0 unspecified atom stereocenters. The second kappa shape index (κ2) is 3.19. The fourth-order valence-corrected chi connectivity index (χ4v) is 3.00. The van der Waals surface area contributed by atoms with Gasteiger partial charge in [-0.2, -0.15) is 0 Å². The summed E-state index contributed by atoms with van der Waals surface area (Å²) in [5, 5.41) is 3.34. The Morgan fingerprint density at radius 3 is 2.44 bits per heavy atom. The standard InChI is InChI=1S/C13H15F2N/c14-13(15)7-5-12(6-8-13)9-16-11-4-2-1-3-10(11)12/h1-4,16H,5-9H2. The van der Waals surface area contributed by atoms with Gasteiger partial charge in [0.25, 0.3) is 0 Å². The van der Waals surface area contributed by atoms with E-state index in [1.54, 1.807) is 0 Å². The molecule has 3 heteroatoms. The van der Waals surface area contributed by atoms with E-state index >= 15 is 0 Å². The summed E-state index contributed by atoms with van der Waals surface area (Å²) in [7, 11) is 0. The van der Waals surface area contributed by atoms with Gasteiger partial charge in [-0.15, -0.1) is 0 Å². The summed E-state index contributed by atoms with van der Waals surface area (Å²) in [5.41, 5.74) is 2.34. The van der Waals surface area contributed by atoms with Gasteiger partial charge in [-0.1, -0.05) is 18.2 Å². The zero-order valence-electron chi connectivity index (χ0n) is 9.10. The van der Waals surface area contributed by atoms with E-state index in [4.69, 9.17) is 0 Å². The molecule has 1 aliphatic carbocycles. The summed E-state index contributed by atoms with van der Waals surface area (Å²) < 4.78 is 26.4. The Hall–Kier alpha value is -1.12. The van der Waals surface area contributed by atoms with E-state index < -0.39 is 5.92 Å². The fourth-order valence-electron chi connectivity index (χ4n) is 3.00. The van der Waals surface area contributed by atoms with Crippen molar-refractivity contribution in [2.24, 2.45) is 0 Å². The Bertz CT molecular complexity index is 404. The number of halogens is 2. The molecule has 1 fully saturated rings. The maximum atomic E-state index is 13.2. The van der Waals surface area contributed by atoms with Gasteiger partial charge in [-0.05, 0) is 24.5 Å².